The molecule has 1 aromatic rings. The van der Waals surface area contributed by atoms with Gasteiger partial charge in [-0.15, -0.1) is 0 Å². The predicted molar refractivity (Wildman–Crippen MR) is 73.8 cm³/mol. The minimum Gasteiger partial charge on any atom is -0.396 e. The summed E-state index contributed by atoms with van der Waals surface area (Å²) < 4.78 is 0. The fourth-order valence-corrected chi connectivity index (χ4v) is 2.35. The molecule has 0 amide bonds. The molecule has 3 nitrogen and oxygen atoms in total. The molecule has 1 aliphatic carbocycles. The lowest BCUT2D eigenvalue weighted by Crippen LogP contribution is -2.38. The van der Waals surface area contributed by atoms with Gasteiger partial charge in [-0.1, -0.05) is 42.5 Å². The van der Waals surface area contributed by atoms with Crippen molar-refractivity contribution in [3.05, 3.63) is 59.7 Å². The maximum atomic E-state index is 12.4. The molecule has 1 aliphatic rings. The van der Waals surface area contributed by atoms with E-state index in [1.54, 1.807) is 37.3 Å². The summed E-state index contributed by atoms with van der Waals surface area (Å²) in [5.41, 5.74) is 0.229. The maximum absolute atomic E-state index is 12.4. The highest BCUT2D eigenvalue weighted by Crippen LogP contribution is 2.30. The minimum atomic E-state index is -1.22. The molecule has 19 heavy (non-hydrogen) atoms. The van der Waals surface area contributed by atoms with Gasteiger partial charge in [0.1, 0.15) is 0 Å². The number of rotatable bonds is 4. The van der Waals surface area contributed by atoms with Crippen molar-refractivity contribution in [1.29, 1.82) is 0 Å². The molecule has 0 saturated heterocycles. The van der Waals surface area contributed by atoms with Gasteiger partial charge in [0.15, 0.2) is 5.78 Å². The number of allylic oxidation sites excluding steroid dienone is 1. The van der Waals surface area contributed by atoms with Gasteiger partial charge in [-0.3, -0.25) is 4.79 Å². The van der Waals surface area contributed by atoms with Gasteiger partial charge >= 0.3 is 0 Å². The Morgan fingerprint density at radius 3 is 2.58 bits per heavy atom. The highest BCUT2D eigenvalue weighted by atomic mass is 16.3. The first-order chi connectivity index (χ1) is 9.04. The van der Waals surface area contributed by atoms with Gasteiger partial charge in [-0.2, -0.15) is 0 Å². The first-order valence-corrected chi connectivity index (χ1v) is 6.37. The van der Waals surface area contributed by atoms with Crippen LogP contribution in [-0.4, -0.2) is 28.2 Å². The van der Waals surface area contributed by atoms with Crippen LogP contribution in [0.1, 0.15) is 23.7 Å². The molecule has 0 aliphatic heterocycles. The van der Waals surface area contributed by atoms with Gasteiger partial charge in [0.05, 0.1) is 11.5 Å². The summed E-state index contributed by atoms with van der Waals surface area (Å²) in [4.78, 5) is 12.4. The average Bonchev–Trinajstić information content (AvgIpc) is 2.38. The van der Waals surface area contributed by atoms with Crippen LogP contribution in [0.15, 0.2) is 54.1 Å². The molecule has 0 fully saturated rings. The molecule has 3 heteroatoms. The number of aliphatic hydroxyl groups is 2. The van der Waals surface area contributed by atoms with Crippen LogP contribution in [0.5, 0.6) is 0 Å². The number of benzene rings is 1. The largest absolute Gasteiger partial charge is 0.396 e. The normalized spacial score (nSPS) is 26.1. The SMILES string of the molecule is CC1(O)C=C(CCO)C=CC1C(=O)c1ccccc1. The fraction of sp³-hybridized carbons (Fsp3) is 0.312. The van der Waals surface area contributed by atoms with Crippen molar-refractivity contribution < 1.29 is 15.0 Å². The molecule has 100 valence electrons. The molecular weight excluding hydrogens is 240 g/mol. The molecular formula is C16H18O3. The van der Waals surface area contributed by atoms with Crippen molar-refractivity contribution >= 4 is 5.78 Å². The summed E-state index contributed by atoms with van der Waals surface area (Å²) in [6.45, 7) is 1.66. The van der Waals surface area contributed by atoms with E-state index in [-0.39, 0.29) is 12.4 Å². The lowest BCUT2D eigenvalue weighted by Gasteiger charge is -2.30. The Bertz CT molecular complexity index is 512. The number of hydrogen-bond acceptors (Lipinski definition) is 3. The highest BCUT2D eigenvalue weighted by Gasteiger charge is 2.36. The summed E-state index contributed by atoms with van der Waals surface area (Å²) in [6.07, 6.45) is 5.67. The zero-order valence-electron chi connectivity index (χ0n) is 10.9. The smallest absolute Gasteiger partial charge is 0.172 e. The summed E-state index contributed by atoms with van der Waals surface area (Å²) in [5, 5.41) is 19.4. The number of aliphatic hydroxyl groups excluding tert-OH is 1. The first-order valence-electron chi connectivity index (χ1n) is 6.37. The maximum Gasteiger partial charge on any atom is 0.172 e. The van der Waals surface area contributed by atoms with E-state index < -0.39 is 11.5 Å². The van der Waals surface area contributed by atoms with E-state index in [0.717, 1.165) is 5.57 Å². The minimum absolute atomic E-state index is 0.0313. The van der Waals surface area contributed by atoms with Crippen LogP contribution in [0, 0.1) is 5.92 Å². The van der Waals surface area contributed by atoms with Crippen LogP contribution in [-0.2, 0) is 0 Å². The van der Waals surface area contributed by atoms with E-state index in [4.69, 9.17) is 5.11 Å². The Morgan fingerprint density at radius 2 is 2.00 bits per heavy atom. The summed E-state index contributed by atoms with van der Waals surface area (Å²) in [6, 6.07) is 8.96. The number of Topliss-reactive ketones (excluding diaryl/α,β-unsaturated/α-hetero) is 1. The van der Waals surface area contributed by atoms with Crippen LogP contribution in [0.4, 0.5) is 0 Å². The topological polar surface area (TPSA) is 57.5 Å². The first kappa shape index (κ1) is 13.7. The molecule has 2 rings (SSSR count). The highest BCUT2D eigenvalue weighted by molar-refractivity contribution is 6.00. The van der Waals surface area contributed by atoms with Crippen molar-refractivity contribution in [1.82, 2.24) is 0 Å². The van der Waals surface area contributed by atoms with Crippen molar-refractivity contribution in [3.63, 3.8) is 0 Å². The molecule has 2 N–H and O–H groups in total. The lowest BCUT2D eigenvalue weighted by atomic mass is 9.78. The van der Waals surface area contributed by atoms with Crippen molar-refractivity contribution in [2.45, 2.75) is 18.9 Å². The molecule has 0 spiro atoms. The second kappa shape index (κ2) is 5.51. The number of ketones is 1. The summed E-state index contributed by atoms with van der Waals surface area (Å²) in [5.74, 6) is -0.682. The molecule has 0 heterocycles. The number of carbonyl (C=O) groups is 1. The van der Waals surface area contributed by atoms with Crippen molar-refractivity contribution in [2.24, 2.45) is 5.92 Å². The van der Waals surface area contributed by atoms with E-state index in [0.29, 0.717) is 12.0 Å². The van der Waals surface area contributed by atoms with Gasteiger partial charge in [0.25, 0.3) is 0 Å². The van der Waals surface area contributed by atoms with E-state index in [2.05, 4.69) is 0 Å². The Hall–Kier alpha value is -1.71. The van der Waals surface area contributed by atoms with Crippen LogP contribution in [0.2, 0.25) is 0 Å². The Balaban J connectivity index is 2.24. The van der Waals surface area contributed by atoms with Crippen LogP contribution in [0.3, 0.4) is 0 Å². The summed E-state index contributed by atoms with van der Waals surface area (Å²) in [7, 11) is 0. The molecule has 0 bridgehead atoms. The molecule has 0 radical (unpaired) electrons. The second-order valence-corrected chi connectivity index (χ2v) is 4.99. The molecule has 2 unspecified atom stereocenters. The Kier molecular flexibility index (Phi) is 3.98. The predicted octanol–water partition coefficient (Wildman–Crippen LogP) is 2.12. The van der Waals surface area contributed by atoms with Crippen LogP contribution in [0.25, 0.3) is 0 Å². The average molecular weight is 258 g/mol. The molecule has 1 aromatic carbocycles. The van der Waals surface area contributed by atoms with Gasteiger partial charge in [-0.05, 0) is 25.0 Å². The number of carbonyl (C=O) groups excluding carboxylic acids is 1. The van der Waals surface area contributed by atoms with E-state index in [1.165, 1.54) is 0 Å². The van der Waals surface area contributed by atoms with Gasteiger partial charge < -0.3 is 10.2 Å². The van der Waals surface area contributed by atoms with Crippen molar-refractivity contribution in [3.8, 4) is 0 Å². The monoisotopic (exact) mass is 258 g/mol. The Labute approximate surface area is 112 Å². The van der Waals surface area contributed by atoms with E-state index >= 15 is 0 Å². The van der Waals surface area contributed by atoms with Gasteiger partial charge in [-0.25, -0.2) is 0 Å². The molecule has 0 aromatic heterocycles. The third-order valence-corrected chi connectivity index (χ3v) is 3.35. The van der Waals surface area contributed by atoms with Gasteiger partial charge in [0, 0.05) is 12.2 Å². The van der Waals surface area contributed by atoms with E-state index in [1.807, 2.05) is 18.2 Å². The lowest BCUT2D eigenvalue weighted by molar-refractivity contribution is 0.0514. The quantitative estimate of drug-likeness (QED) is 0.813. The molecule has 2 atom stereocenters. The Morgan fingerprint density at radius 1 is 1.32 bits per heavy atom. The zero-order chi connectivity index (χ0) is 13.9. The number of hydrogen-bond donors (Lipinski definition) is 2. The second-order valence-electron chi connectivity index (χ2n) is 4.99. The molecule has 0 saturated carbocycles. The third kappa shape index (κ3) is 3.00. The fourth-order valence-electron chi connectivity index (χ4n) is 2.35. The van der Waals surface area contributed by atoms with E-state index in [9.17, 15) is 9.90 Å². The third-order valence-electron chi connectivity index (χ3n) is 3.35. The van der Waals surface area contributed by atoms with Gasteiger partial charge in [0.2, 0.25) is 0 Å². The standard InChI is InChI=1S/C16H18O3/c1-16(19)11-12(9-10-17)7-8-14(16)15(18)13-5-3-2-4-6-13/h2-8,11,14,17,19H,9-10H2,1H3. The van der Waals surface area contributed by atoms with Crippen molar-refractivity contribution in [2.75, 3.05) is 6.61 Å². The summed E-state index contributed by atoms with van der Waals surface area (Å²) >= 11 is 0. The van der Waals surface area contributed by atoms with Crippen LogP contribution < -0.4 is 0 Å². The van der Waals surface area contributed by atoms with Crippen LogP contribution >= 0.6 is 0 Å². The zero-order valence-corrected chi connectivity index (χ0v) is 10.9.